The van der Waals surface area contributed by atoms with E-state index >= 15 is 0 Å². The van der Waals surface area contributed by atoms with Gasteiger partial charge in [-0.15, -0.1) is 11.3 Å². The first-order valence-electron chi connectivity index (χ1n) is 9.84. The molecule has 0 N–H and O–H groups in total. The number of rotatable bonds is 8. The van der Waals surface area contributed by atoms with Crippen LogP contribution in [0.25, 0.3) is 0 Å². The van der Waals surface area contributed by atoms with Crippen molar-refractivity contribution >= 4 is 23.2 Å². The Morgan fingerprint density at radius 2 is 1.93 bits per heavy atom. The molecule has 1 saturated heterocycles. The van der Waals surface area contributed by atoms with E-state index in [-0.39, 0.29) is 30.3 Å². The molecule has 5 nitrogen and oxygen atoms in total. The molecule has 156 valence electrons. The van der Waals surface area contributed by atoms with Gasteiger partial charge in [0.15, 0.2) is 0 Å². The van der Waals surface area contributed by atoms with Crippen molar-refractivity contribution < 1.29 is 18.7 Å². The molecule has 1 aliphatic rings. The topological polar surface area (TPSA) is 49.9 Å². The summed E-state index contributed by atoms with van der Waals surface area (Å²) >= 11 is 1.61. The highest BCUT2D eigenvalue weighted by atomic mass is 32.1. The highest BCUT2D eigenvalue weighted by molar-refractivity contribution is 7.10. The zero-order valence-corrected chi connectivity index (χ0v) is 17.7. The second-order valence-corrected chi connectivity index (χ2v) is 8.44. The Morgan fingerprint density at radius 1 is 1.17 bits per heavy atom. The SMILES string of the molecule is CC(=O)N(CC(=O)N(Cc1ccc(F)cc1)Cc1sccc1C)CC1CCCO1. The number of nitrogens with zero attached hydrogens (tertiary/aromatic N) is 2. The summed E-state index contributed by atoms with van der Waals surface area (Å²) in [5.41, 5.74) is 1.98. The lowest BCUT2D eigenvalue weighted by Crippen LogP contribution is -2.44. The summed E-state index contributed by atoms with van der Waals surface area (Å²) < 4.78 is 18.9. The van der Waals surface area contributed by atoms with Gasteiger partial charge in [0, 0.05) is 31.5 Å². The summed E-state index contributed by atoms with van der Waals surface area (Å²) in [6, 6.07) is 8.19. The lowest BCUT2D eigenvalue weighted by atomic mass is 10.2. The van der Waals surface area contributed by atoms with Crippen LogP contribution in [0.5, 0.6) is 0 Å². The Morgan fingerprint density at radius 3 is 2.52 bits per heavy atom. The average Bonchev–Trinajstić information content (AvgIpc) is 3.34. The van der Waals surface area contributed by atoms with Gasteiger partial charge in [0.1, 0.15) is 5.82 Å². The van der Waals surface area contributed by atoms with E-state index in [1.54, 1.807) is 33.3 Å². The first-order valence-corrected chi connectivity index (χ1v) is 10.7. The molecule has 3 rings (SSSR count). The third kappa shape index (κ3) is 6.11. The van der Waals surface area contributed by atoms with E-state index in [1.807, 2.05) is 18.4 Å². The van der Waals surface area contributed by atoms with E-state index in [0.717, 1.165) is 28.8 Å². The standard InChI is InChI=1S/C22H27FN2O3S/c1-16-9-11-29-21(16)14-25(12-18-5-7-19(23)8-6-18)22(27)15-24(17(2)26)13-20-4-3-10-28-20/h5-9,11,20H,3-4,10,12-15H2,1-2H3. The third-order valence-electron chi connectivity index (χ3n) is 5.16. The van der Waals surface area contributed by atoms with Crippen LogP contribution in [-0.2, 0) is 27.4 Å². The molecular formula is C22H27FN2O3S. The monoisotopic (exact) mass is 418 g/mol. The fraction of sp³-hybridized carbons (Fsp3) is 0.455. The molecule has 2 aromatic rings. The van der Waals surface area contributed by atoms with E-state index in [0.29, 0.717) is 26.2 Å². The Hall–Kier alpha value is -2.25. The third-order valence-corrected chi connectivity index (χ3v) is 6.17. The Bertz CT molecular complexity index is 831. The summed E-state index contributed by atoms with van der Waals surface area (Å²) in [4.78, 5) is 29.7. The molecule has 0 spiro atoms. The fourth-order valence-corrected chi connectivity index (χ4v) is 4.30. The van der Waals surface area contributed by atoms with E-state index in [2.05, 4.69) is 0 Å². The van der Waals surface area contributed by atoms with Crippen LogP contribution in [0.4, 0.5) is 4.39 Å². The molecule has 1 aromatic heterocycles. The largest absolute Gasteiger partial charge is 0.376 e. The molecule has 0 radical (unpaired) electrons. The van der Waals surface area contributed by atoms with Crippen LogP contribution in [0.1, 0.15) is 35.8 Å². The van der Waals surface area contributed by atoms with Crippen LogP contribution < -0.4 is 0 Å². The highest BCUT2D eigenvalue weighted by Gasteiger charge is 2.25. The maximum absolute atomic E-state index is 13.3. The first kappa shape index (κ1) is 21.5. The van der Waals surface area contributed by atoms with E-state index < -0.39 is 0 Å². The lowest BCUT2D eigenvalue weighted by Gasteiger charge is -2.28. The summed E-state index contributed by atoms with van der Waals surface area (Å²) in [6.45, 7) is 5.48. The van der Waals surface area contributed by atoms with Crippen LogP contribution >= 0.6 is 11.3 Å². The van der Waals surface area contributed by atoms with Crippen LogP contribution in [0.3, 0.4) is 0 Å². The van der Waals surface area contributed by atoms with Gasteiger partial charge in [0.05, 0.1) is 19.2 Å². The Balaban J connectivity index is 1.73. The molecule has 1 unspecified atom stereocenters. The second kappa shape index (κ2) is 9.98. The van der Waals surface area contributed by atoms with Crippen LogP contribution in [0, 0.1) is 12.7 Å². The predicted molar refractivity (Wildman–Crippen MR) is 111 cm³/mol. The molecule has 2 heterocycles. The number of hydrogen-bond acceptors (Lipinski definition) is 4. The lowest BCUT2D eigenvalue weighted by molar-refractivity contribution is -0.141. The number of halogens is 1. The zero-order chi connectivity index (χ0) is 20.8. The van der Waals surface area contributed by atoms with Crippen molar-refractivity contribution in [2.45, 2.75) is 45.9 Å². The van der Waals surface area contributed by atoms with Gasteiger partial charge >= 0.3 is 0 Å². The van der Waals surface area contributed by atoms with Crippen LogP contribution in [0.2, 0.25) is 0 Å². The number of thiophene rings is 1. The number of carbonyl (C=O) groups is 2. The van der Waals surface area contributed by atoms with E-state index in [1.165, 1.54) is 19.1 Å². The predicted octanol–water partition coefficient (Wildman–Crippen LogP) is 3.75. The summed E-state index contributed by atoms with van der Waals surface area (Å²) in [5.74, 6) is -0.571. The number of carbonyl (C=O) groups excluding carboxylic acids is 2. The average molecular weight is 419 g/mol. The van der Waals surface area contributed by atoms with E-state index in [4.69, 9.17) is 4.74 Å². The van der Waals surface area contributed by atoms with Gasteiger partial charge in [0.2, 0.25) is 11.8 Å². The van der Waals surface area contributed by atoms with Gasteiger partial charge in [-0.25, -0.2) is 4.39 Å². The Labute approximate surface area is 175 Å². The second-order valence-electron chi connectivity index (χ2n) is 7.44. The van der Waals surface area contributed by atoms with Gasteiger partial charge in [0.25, 0.3) is 0 Å². The summed E-state index contributed by atoms with van der Waals surface area (Å²) in [7, 11) is 0. The maximum Gasteiger partial charge on any atom is 0.242 e. The van der Waals surface area contributed by atoms with Crippen molar-refractivity contribution in [1.82, 2.24) is 9.80 Å². The van der Waals surface area contributed by atoms with Crippen LogP contribution in [-0.4, -0.2) is 47.4 Å². The molecule has 0 bridgehead atoms. The fourth-order valence-electron chi connectivity index (χ4n) is 3.38. The molecule has 0 aliphatic carbocycles. The normalized spacial score (nSPS) is 16.0. The minimum atomic E-state index is -0.306. The zero-order valence-electron chi connectivity index (χ0n) is 16.9. The number of ether oxygens (including phenoxy) is 1. The first-order chi connectivity index (χ1) is 13.9. The number of benzene rings is 1. The molecule has 29 heavy (non-hydrogen) atoms. The highest BCUT2D eigenvalue weighted by Crippen LogP contribution is 2.20. The quantitative estimate of drug-likeness (QED) is 0.656. The molecule has 2 amide bonds. The number of amides is 2. The molecule has 1 fully saturated rings. The minimum absolute atomic E-state index is 0.00297. The van der Waals surface area contributed by atoms with Crippen molar-refractivity contribution in [1.29, 1.82) is 0 Å². The Kier molecular flexibility index (Phi) is 7.39. The summed E-state index contributed by atoms with van der Waals surface area (Å²) in [5, 5.41) is 2.00. The van der Waals surface area contributed by atoms with Crippen molar-refractivity contribution in [2.75, 3.05) is 19.7 Å². The maximum atomic E-state index is 13.3. The molecule has 1 atom stereocenters. The van der Waals surface area contributed by atoms with Crippen LogP contribution in [0.15, 0.2) is 35.7 Å². The van der Waals surface area contributed by atoms with Gasteiger partial charge < -0.3 is 14.5 Å². The van der Waals surface area contributed by atoms with Crippen molar-refractivity contribution in [3.8, 4) is 0 Å². The summed E-state index contributed by atoms with van der Waals surface area (Å²) in [6.07, 6.45) is 1.89. The van der Waals surface area contributed by atoms with Gasteiger partial charge in [-0.1, -0.05) is 12.1 Å². The number of hydrogen-bond donors (Lipinski definition) is 0. The molecule has 1 aliphatic heterocycles. The van der Waals surface area contributed by atoms with Gasteiger partial charge in [-0.05, 0) is 54.5 Å². The smallest absolute Gasteiger partial charge is 0.242 e. The molecule has 0 saturated carbocycles. The van der Waals surface area contributed by atoms with Gasteiger partial charge in [-0.2, -0.15) is 0 Å². The van der Waals surface area contributed by atoms with Crippen molar-refractivity contribution in [3.63, 3.8) is 0 Å². The number of aryl methyl sites for hydroxylation is 1. The molecule has 7 heteroatoms. The minimum Gasteiger partial charge on any atom is -0.376 e. The molecule has 1 aromatic carbocycles. The molecular weight excluding hydrogens is 391 g/mol. The van der Waals surface area contributed by atoms with Gasteiger partial charge in [-0.3, -0.25) is 9.59 Å². The van der Waals surface area contributed by atoms with Crippen molar-refractivity contribution in [2.24, 2.45) is 0 Å². The van der Waals surface area contributed by atoms with Crippen molar-refractivity contribution in [3.05, 3.63) is 57.5 Å². The van der Waals surface area contributed by atoms with E-state index in [9.17, 15) is 14.0 Å².